The molecule has 4 aromatic carbocycles. The van der Waals surface area contributed by atoms with Gasteiger partial charge < -0.3 is 0 Å². The van der Waals surface area contributed by atoms with Gasteiger partial charge in [0.25, 0.3) is 0 Å². The monoisotopic (exact) mass is 576 g/mol. The van der Waals surface area contributed by atoms with Crippen LogP contribution in [0.4, 0.5) is 0 Å². The van der Waals surface area contributed by atoms with Crippen LogP contribution in [0.15, 0.2) is 145 Å². The van der Waals surface area contributed by atoms with Gasteiger partial charge in [-0.25, -0.2) is 0 Å². The molecule has 0 saturated heterocycles. The molecule has 3 aliphatic rings. The highest BCUT2D eigenvalue weighted by Crippen LogP contribution is 2.59. The third kappa shape index (κ3) is 3.95. The van der Waals surface area contributed by atoms with Crippen LogP contribution in [0.25, 0.3) is 55.9 Å². The van der Waals surface area contributed by atoms with Gasteiger partial charge in [0.2, 0.25) is 0 Å². The molecule has 2 aromatic heterocycles. The van der Waals surface area contributed by atoms with Crippen LogP contribution in [0, 0.1) is 5.92 Å². The van der Waals surface area contributed by atoms with Crippen LogP contribution >= 0.6 is 0 Å². The first-order valence-electron chi connectivity index (χ1n) is 15.8. The second-order valence-electron chi connectivity index (χ2n) is 13.0. The molecule has 9 rings (SSSR count). The summed E-state index contributed by atoms with van der Waals surface area (Å²) in [4.78, 5) is 9.99. The van der Waals surface area contributed by atoms with Gasteiger partial charge in [-0.2, -0.15) is 0 Å². The quantitative estimate of drug-likeness (QED) is 0.209. The Labute approximate surface area is 264 Å². The summed E-state index contributed by atoms with van der Waals surface area (Å²) in [6.07, 6.45) is 13.5. The number of benzene rings is 4. The lowest BCUT2D eigenvalue weighted by molar-refractivity contribution is 0.514. The standard InChI is InChI=1S/C43H32N2/c1-43(2)36-21-19-32(38-23-15-30(25-44-38)27-9-5-3-6-10-27)34-17-13-29-14-18-35-33(20-22-37(43)42(35)40(29)41(34)36)39-24-16-31(26-45-39)28-11-7-4-8-12-28/h3-26,34,41H,1-2H3. The van der Waals surface area contributed by atoms with E-state index in [-0.39, 0.29) is 17.3 Å². The summed E-state index contributed by atoms with van der Waals surface area (Å²) in [6.45, 7) is 4.80. The molecule has 0 aliphatic heterocycles. The van der Waals surface area contributed by atoms with E-state index in [0.717, 1.165) is 22.5 Å². The van der Waals surface area contributed by atoms with Crippen molar-refractivity contribution in [3.8, 4) is 33.5 Å². The number of pyridine rings is 2. The van der Waals surface area contributed by atoms with E-state index >= 15 is 0 Å². The second kappa shape index (κ2) is 9.84. The van der Waals surface area contributed by atoms with Crippen molar-refractivity contribution in [3.05, 3.63) is 168 Å². The van der Waals surface area contributed by atoms with Crippen LogP contribution < -0.4 is 0 Å². The number of nitrogens with zero attached hydrogens (tertiary/aromatic N) is 2. The molecule has 3 aliphatic carbocycles. The highest BCUT2D eigenvalue weighted by molar-refractivity contribution is 6.04. The van der Waals surface area contributed by atoms with Crippen molar-refractivity contribution in [2.75, 3.05) is 0 Å². The molecule has 0 spiro atoms. The lowest BCUT2D eigenvalue weighted by atomic mass is 9.56. The van der Waals surface area contributed by atoms with Crippen LogP contribution in [-0.2, 0) is 5.41 Å². The Hall–Kier alpha value is -5.34. The molecule has 45 heavy (non-hydrogen) atoms. The predicted molar refractivity (Wildman–Crippen MR) is 187 cm³/mol. The highest BCUT2D eigenvalue weighted by Gasteiger charge is 2.46. The van der Waals surface area contributed by atoms with Crippen LogP contribution in [0.3, 0.4) is 0 Å². The van der Waals surface area contributed by atoms with Gasteiger partial charge in [-0.15, -0.1) is 0 Å². The molecule has 6 aromatic rings. The zero-order chi connectivity index (χ0) is 30.1. The maximum Gasteiger partial charge on any atom is 0.0708 e. The summed E-state index contributed by atoms with van der Waals surface area (Å²) in [6, 6.07) is 39.0. The molecule has 2 heterocycles. The van der Waals surface area contributed by atoms with Gasteiger partial charge >= 0.3 is 0 Å². The minimum atomic E-state index is -0.103. The zero-order valence-corrected chi connectivity index (χ0v) is 25.4. The van der Waals surface area contributed by atoms with E-state index in [2.05, 4.69) is 147 Å². The van der Waals surface area contributed by atoms with Gasteiger partial charge in [0.1, 0.15) is 0 Å². The van der Waals surface area contributed by atoms with Crippen LogP contribution in [0.1, 0.15) is 42.1 Å². The summed E-state index contributed by atoms with van der Waals surface area (Å²) in [5.41, 5.74) is 14.8. The van der Waals surface area contributed by atoms with Crippen LogP contribution in [0.2, 0.25) is 0 Å². The van der Waals surface area contributed by atoms with Crippen molar-refractivity contribution < 1.29 is 0 Å². The van der Waals surface area contributed by atoms with Crippen molar-refractivity contribution in [3.63, 3.8) is 0 Å². The van der Waals surface area contributed by atoms with E-state index in [1.807, 2.05) is 12.4 Å². The van der Waals surface area contributed by atoms with Gasteiger partial charge in [0.15, 0.2) is 0 Å². The van der Waals surface area contributed by atoms with Crippen molar-refractivity contribution in [1.82, 2.24) is 9.97 Å². The molecule has 0 radical (unpaired) electrons. The first-order chi connectivity index (χ1) is 22.1. The Morgan fingerprint density at radius 2 is 1.27 bits per heavy atom. The Morgan fingerprint density at radius 3 is 1.91 bits per heavy atom. The number of allylic oxidation sites excluding steroid dienone is 5. The zero-order valence-electron chi connectivity index (χ0n) is 25.4. The molecule has 0 saturated carbocycles. The van der Waals surface area contributed by atoms with Crippen molar-refractivity contribution in [2.24, 2.45) is 5.92 Å². The van der Waals surface area contributed by atoms with E-state index in [1.54, 1.807) is 0 Å². The van der Waals surface area contributed by atoms with Gasteiger partial charge in [0, 0.05) is 46.3 Å². The fraction of sp³-hybridized carbons (Fsp3) is 0.116. The minimum absolute atomic E-state index is 0.103. The predicted octanol–water partition coefficient (Wildman–Crippen LogP) is 10.7. The Bertz CT molecular complexity index is 2200. The number of hydrogen-bond donors (Lipinski definition) is 0. The average molecular weight is 577 g/mol. The van der Waals surface area contributed by atoms with Gasteiger partial charge in [-0.3, -0.25) is 9.97 Å². The molecule has 0 amide bonds. The third-order valence-electron chi connectivity index (χ3n) is 10.3. The SMILES string of the molecule is CC1(C)C2=CC=C(c3ccc(-c4ccccc4)cn3)C3C=Cc4ccc5c(-c6ccc(-c7ccccc7)cn6)ccc1c5c4C23. The number of hydrogen-bond acceptors (Lipinski definition) is 2. The molecule has 2 nitrogen and oxygen atoms in total. The largest absolute Gasteiger partial charge is 0.256 e. The lowest BCUT2D eigenvalue weighted by Gasteiger charge is -2.47. The maximum atomic E-state index is 5.01. The first-order valence-corrected chi connectivity index (χ1v) is 15.8. The Kier molecular flexibility index (Phi) is 5.70. The van der Waals surface area contributed by atoms with E-state index < -0.39 is 0 Å². The number of aromatic nitrogens is 2. The fourth-order valence-corrected chi connectivity index (χ4v) is 7.97. The molecule has 2 unspecified atom stereocenters. The maximum absolute atomic E-state index is 5.01. The van der Waals surface area contributed by atoms with Gasteiger partial charge in [-0.1, -0.05) is 141 Å². The molecule has 2 heteroatoms. The molecule has 2 atom stereocenters. The Morgan fingerprint density at radius 1 is 0.600 bits per heavy atom. The molecule has 0 fully saturated rings. The third-order valence-corrected chi connectivity index (χ3v) is 10.3. The molecular formula is C43H32N2. The van der Waals surface area contributed by atoms with E-state index in [0.29, 0.717) is 0 Å². The summed E-state index contributed by atoms with van der Waals surface area (Å²) < 4.78 is 0. The normalized spacial score (nSPS) is 18.8. The Balaban J connectivity index is 1.17. The summed E-state index contributed by atoms with van der Waals surface area (Å²) in [7, 11) is 0. The summed E-state index contributed by atoms with van der Waals surface area (Å²) >= 11 is 0. The lowest BCUT2D eigenvalue weighted by Crippen LogP contribution is -2.35. The fourth-order valence-electron chi connectivity index (χ4n) is 7.97. The van der Waals surface area contributed by atoms with Crippen LogP contribution in [-0.4, -0.2) is 9.97 Å². The van der Waals surface area contributed by atoms with Crippen molar-refractivity contribution in [1.29, 1.82) is 0 Å². The average Bonchev–Trinajstić information content (AvgIpc) is 3.10. The minimum Gasteiger partial charge on any atom is -0.256 e. The van der Waals surface area contributed by atoms with Crippen molar-refractivity contribution in [2.45, 2.75) is 25.2 Å². The molecule has 0 bridgehead atoms. The molecular weight excluding hydrogens is 544 g/mol. The van der Waals surface area contributed by atoms with Gasteiger partial charge in [-0.05, 0) is 56.3 Å². The first kappa shape index (κ1) is 26.1. The topological polar surface area (TPSA) is 25.8 Å². The molecule has 0 N–H and O–H groups in total. The summed E-state index contributed by atoms with van der Waals surface area (Å²) in [5, 5.41) is 2.68. The second-order valence-corrected chi connectivity index (χ2v) is 13.0. The van der Waals surface area contributed by atoms with Gasteiger partial charge in [0.05, 0.1) is 11.4 Å². The molecule has 214 valence electrons. The highest BCUT2D eigenvalue weighted by atomic mass is 14.7. The van der Waals surface area contributed by atoms with Crippen molar-refractivity contribution >= 4 is 22.4 Å². The van der Waals surface area contributed by atoms with Crippen LogP contribution in [0.5, 0.6) is 0 Å². The van der Waals surface area contributed by atoms with E-state index in [4.69, 9.17) is 9.97 Å². The number of rotatable bonds is 4. The van der Waals surface area contributed by atoms with E-state index in [1.165, 1.54) is 55.3 Å². The van der Waals surface area contributed by atoms with E-state index in [9.17, 15) is 0 Å². The smallest absolute Gasteiger partial charge is 0.0708 e. The summed E-state index contributed by atoms with van der Waals surface area (Å²) in [5.74, 6) is 0.507.